The van der Waals surface area contributed by atoms with Gasteiger partial charge in [-0.15, -0.1) is 0 Å². The smallest absolute Gasteiger partial charge is 0.481 e. The van der Waals surface area contributed by atoms with Crippen LogP contribution in [0.15, 0.2) is 65.3 Å². The van der Waals surface area contributed by atoms with Crippen LogP contribution in [0.1, 0.15) is 27.9 Å². The van der Waals surface area contributed by atoms with Gasteiger partial charge in [0.2, 0.25) is 0 Å². The second kappa shape index (κ2) is 14.6. The van der Waals surface area contributed by atoms with Crippen molar-refractivity contribution >= 4 is 47.9 Å². The van der Waals surface area contributed by atoms with Gasteiger partial charge in [0.25, 0.3) is 11.8 Å². The number of amides is 5. The molecule has 43 heavy (non-hydrogen) atoms. The SMILES string of the molecule is NC(N)=NC(=O)c1ccc(/C=C2\NC(=O)N(N(CCC(=O)O)C(=O)OCc3ccccc3)C2=O)cc1.O=C(O)C(F)(F)F. The standard InChI is InChI=1S/C23H22N6O7.C2HF3O2/c24-21(25)27-19(32)16-8-6-14(7-9-16)12-17-20(33)29(22(34)26-17)28(11-10-18(30)31)23(35)36-13-15-4-2-1-3-5-15;3-2(4,5)1(6)7/h1-9,12H,10-11,13H2,(H,26,34)(H,30,31)(H4,24,25,27,32);(H,6,7)/b17-12-;. The van der Waals surface area contributed by atoms with E-state index >= 15 is 0 Å². The fraction of sp³-hybridized carbons (Fsp3) is 0.160. The third-order valence-electron chi connectivity index (χ3n) is 4.99. The Kier molecular flexibility index (Phi) is 11.3. The van der Waals surface area contributed by atoms with E-state index in [9.17, 15) is 37.1 Å². The maximum atomic E-state index is 13.0. The summed E-state index contributed by atoms with van der Waals surface area (Å²) < 4.78 is 36.9. The van der Waals surface area contributed by atoms with E-state index < -0.39 is 55.0 Å². The maximum absolute atomic E-state index is 13.0. The number of carboxylic acids is 2. The predicted octanol–water partition coefficient (Wildman–Crippen LogP) is 1.65. The summed E-state index contributed by atoms with van der Waals surface area (Å²) in [4.78, 5) is 73.5. The predicted molar refractivity (Wildman–Crippen MR) is 139 cm³/mol. The minimum absolute atomic E-state index is 0.152. The van der Waals surface area contributed by atoms with E-state index in [4.69, 9.17) is 31.2 Å². The van der Waals surface area contributed by atoms with E-state index in [1.54, 1.807) is 30.3 Å². The van der Waals surface area contributed by atoms with Gasteiger partial charge in [-0.3, -0.25) is 14.4 Å². The lowest BCUT2D eigenvalue weighted by atomic mass is 10.1. The first-order valence-electron chi connectivity index (χ1n) is 11.7. The molecule has 0 unspecified atom stereocenters. The Hall–Kier alpha value is -5.94. The van der Waals surface area contributed by atoms with E-state index in [0.717, 1.165) is 0 Å². The summed E-state index contributed by atoms with van der Waals surface area (Å²) in [5.41, 5.74) is 11.5. The van der Waals surface area contributed by atoms with E-state index in [-0.39, 0.29) is 23.8 Å². The molecule has 228 valence electrons. The number of hydrogen-bond acceptors (Lipinski definition) is 7. The van der Waals surface area contributed by atoms with Crippen LogP contribution < -0.4 is 16.8 Å². The van der Waals surface area contributed by atoms with Crippen LogP contribution >= 0.6 is 0 Å². The molecule has 0 aliphatic carbocycles. The number of carboxylic acid groups (broad SMARTS) is 2. The van der Waals surface area contributed by atoms with Crippen molar-refractivity contribution in [1.82, 2.24) is 15.3 Å². The third kappa shape index (κ3) is 10.2. The maximum Gasteiger partial charge on any atom is 0.490 e. The summed E-state index contributed by atoms with van der Waals surface area (Å²) in [6, 6.07) is 13.5. The first-order valence-corrected chi connectivity index (χ1v) is 11.7. The Balaban J connectivity index is 0.000000821. The van der Waals surface area contributed by atoms with Crippen LogP contribution in [0.25, 0.3) is 6.08 Å². The fourth-order valence-electron chi connectivity index (χ4n) is 3.08. The molecule has 15 nitrogen and oxygen atoms in total. The lowest BCUT2D eigenvalue weighted by Gasteiger charge is -2.27. The van der Waals surface area contributed by atoms with Gasteiger partial charge < -0.3 is 31.7 Å². The van der Waals surface area contributed by atoms with Crippen LogP contribution in [0, 0.1) is 0 Å². The number of hydrazine groups is 1. The van der Waals surface area contributed by atoms with E-state index in [1.165, 1.54) is 30.3 Å². The number of rotatable bonds is 8. The first-order chi connectivity index (χ1) is 20.1. The highest BCUT2D eigenvalue weighted by atomic mass is 19.4. The molecule has 0 radical (unpaired) electrons. The minimum atomic E-state index is -5.08. The minimum Gasteiger partial charge on any atom is -0.481 e. The molecule has 7 N–H and O–H groups in total. The number of nitrogens with two attached hydrogens (primary N) is 2. The highest BCUT2D eigenvalue weighted by Gasteiger charge is 2.41. The third-order valence-corrected chi connectivity index (χ3v) is 4.99. The Morgan fingerprint density at radius 2 is 1.58 bits per heavy atom. The van der Waals surface area contributed by atoms with Crippen LogP contribution in [0.3, 0.4) is 0 Å². The average Bonchev–Trinajstić information content (AvgIpc) is 3.20. The highest BCUT2D eigenvalue weighted by Crippen LogP contribution is 2.19. The molecule has 1 aliphatic rings. The van der Waals surface area contributed by atoms with Gasteiger partial charge in [0, 0.05) is 5.56 Å². The highest BCUT2D eigenvalue weighted by molar-refractivity contribution is 6.14. The second-order valence-electron chi connectivity index (χ2n) is 8.18. The Bertz CT molecular complexity index is 1440. The number of hydrogen-bond donors (Lipinski definition) is 5. The van der Waals surface area contributed by atoms with Crippen LogP contribution in [0.2, 0.25) is 0 Å². The van der Waals surface area contributed by atoms with Crippen LogP contribution in [0.5, 0.6) is 0 Å². The molecule has 1 aliphatic heterocycles. The van der Waals surface area contributed by atoms with Crippen molar-refractivity contribution in [1.29, 1.82) is 0 Å². The van der Waals surface area contributed by atoms with Gasteiger partial charge in [0.05, 0.1) is 13.0 Å². The first kappa shape index (κ1) is 33.3. The van der Waals surface area contributed by atoms with Crippen molar-refractivity contribution in [3.63, 3.8) is 0 Å². The van der Waals surface area contributed by atoms with Crippen molar-refractivity contribution in [2.45, 2.75) is 19.2 Å². The average molecular weight is 608 g/mol. The molecule has 5 amide bonds. The zero-order valence-electron chi connectivity index (χ0n) is 21.8. The quantitative estimate of drug-likeness (QED) is 0.125. The fourth-order valence-corrected chi connectivity index (χ4v) is 3.08. The van der Waals surface area contributed by atoms with Gasteiger partial charge in [-0.1, -0.05) is 42.5 Å². The lowest BCUT2D eigenvalue weighted by molar-refractivity contribution is -0.192. The number of nitrogens with zero attached hydrogens (tertiary/aromatic N) is 3. The molecule has 3 rings (SSSR count). The number of ether oxygens (including phenoxy) is 1. The van der Waals surface area contributed by atoms with Crippen molar-refractivity contribution in [3.05, 3.63) is 77.0 Å². The number of carbonyl (C=O) groups excluding carboxylic acids is 4. The molecule has 0 spiro atoms. The molecule has 0 aromatic heterocycles. The number of aliphatic carboxylic acids is 2. The number of nitrogens with one attached hydrogen (secondary N) is 1. The van der Waals surface area contributed by atoms with Crippen molar-refractivity contribution in [3.8, 4) is 0 Å². The number of aliphatic imine (C=N–C) groups is 1. The molecular formula is C25H23F3N6O9. The number of carbonyl (C=O) groups is 6. The number of urea groups is 1. The number of imide groups is 1. The van der Waals surface area contributed by atoms with Crippen molar-refractivity contribution in [2.75, 3.05) is 6.54 Å². The molecule has 0 bridgehead atoms. The summed E-state index contributed by atoms with van der Waals surface area (Å²) in [5.74, 6) is -5.95. The summed E-state index contributed by atoms with van der Waals surface area (Å²) in [7, 11) is 0. The van der Waals surface area contributed by atoms with E-state index in [0.29, 0.717) is 21.1 Å². The Morgan fingerprint density at radius 3 is 2.09 bits per heavy atom. The van der Waals surface area contributed by atoms with Gasteiger partial charge in [-0.2, -0.15) is 23.2 Å². The molecule has 1 fully saturated rings. The number of benzene rings is 2. The number of guanidine groups is 1. The van der Waals surface area contributed by atoms with E-state index in [1.807, 2.05) is 0 Å². The van der Waals surface area contributed by atoms with E-state index in [2.05, 4.69) is 10.3 Å². The topological polar surface area (TPSA) is 235 Å². The summed E-state index contributed by atoms with van der Waals surface area (Å²) in [6.45, 7) is -0.641. The number of alkyl halides is 3. The van der Waals surface area contributed by atoms with Gasteiger partial charge in [0.1, 0.15) is 12.3 Å². The van der Waals surface area contributed by atoms with Crippen LogP contribution in [0.4, 0.5) is 22.8 Å². The van der Waals surface area contributed by atoms with Crippen molar-refractivity contribution < 1.29 is 56.9 Å². The Morgan fingerprint density at radius 1 is 1.00 bits per heavy atom. The molecule has 1 heterocycles. The van der Waals surface area contributed by atoms with Crippen molar-refractivity contribution in [2.24, 2.45) is 16.5 Å². The van der Waals surface area contributed by atoms with Crippen LogP contribution in [-0.4, -0.2) is 74.8 Å². The molecular weight excluding hydrogens is 585 g/mol. The summed E-state index contributed by atoms with van der Waals surface area (Å²) >= 11 is 0. The van der Waals surface area contributed by atoms with Gasteiger partial charge >= 0.3 is 30.2 Å². The molecule has 2 aromatic carbocycles. The molecule has 0 saturated carbocycles. The molecule has 0 atom stereocenters. The largest absolute Gasteiger partial charge is 0.490 e. The second-order valence-corrected chi connectivity index (χ2v) is 8.18. The van der Waals surface area contributed by atoms with Crippen LogP contribution in [-0.2, 0) is 25.7 Å². The lowest BCUT2D eigenvalue weighted by Crippen LogP contribution is -2.51. The molecule has 1 saturated heterocycles. The summed E-state index contributed by atoms with van der Waals surface area (Å²) in [5, 5.41) is 19.6. The zero-order valence-corrected chi connectivity index (χ0v) is 21.8. The molecule has 2 aromatic rings. The Labute approximate surface area is 239 Å². The van der Waals surface area contributed by atoms with Gasteiger partial charge in [-0.25, -0.2) is 19.4 Å². The monoisotopic (exact) mass is 608 g/mol. The summed E-state index contributed by atoms with van der Waals surface area (Å²) in [6.07, 6.45) is -5.38. The number of halogens is 3. The zero-order chi connectivity index (χ0) is 32.3. The molecule has 18 heteroatoms. The van der Waals surface area contributed by atoms with Gasteiger partial charge in [-0.05, 0) is 29.3 Å². The van der Waals surface area contributed by atoms with Gasteiger partial charge in [0.15, 0.2) is 5.96 Å². The normalized spacial score (nSPS) is 13.4.